The average molecular weight is 370 g/mol. The number of nitrogens with zero attached hydrogens (tertiary/aromatic N) is 2. The molecular weight excluding hydrogens is 357 g/mol. The summed E-state index contributed by atoms with van der Waals surface area (Å²) in [6.07, 6.45) is -4.65. The molecule has 2 nitrogen and oxygen atoms in total. The highest BCUT2D eigenvalue weighted by atomic mass is 79.9. The van der Waals surface area contributed by atoms with Gasteiger partial charge in [0.25, 0.3) is 0 Å². The van der Waals surface area contributed by atoms with E-state index < -0.39 is 18.6 Å². The molecule has 2 aromatic rings. The molecule has 1 atom stereocenters. The smallest absolute Gasteiger partial charge is 0.325 e. The fourth-order valence-corrected chi connectivity index (χ4v) is 2.82. The molecule has 1 aromatic carbocycles. The van der Waals surface area contributed by atoms with Gasteiger partial charge in [-0.1, -0.05) is 15.9 Å². The van der Waals surface area contributed by atoms with E-state index in [-0.39, 0.29) is 0 Å². The van der Waals surface area contributed by atoms with Crippen LogP contribution in [0.1, 0.15) is 25.2 Å². The van der Waals surface area contributed by atoms with Crippen molar-refractivity contribution in [2.45, 2.75) is 32.0 Å². The van der Waals surface area contributed by atoms with Crippen LogP contribution in [-0.2, 0) is 6.42 Å². The molecule has 7 heteroatoms. The second-order valence-electron chi connectivity index (χ2n) is 4.64. The zero-order valence-corrected chi connectivity index (χ0v) is 13.1. The van der Waals surface area contributed by atoms with Crippen LogP contribution >= 0.6 is 27.5 Å². The van der Waals surface area contributed by atoms with Crippen molar-refractivity contribution in [3.05, 3.63) is 28.5 Å². The van der Waals surface area contributed by atoms with Gasteiger partial charge in [-0.25, -0.2) is 4.98 Å². The summed E-state index contributed by atoms with van der Waals surface area (Å²) in [5.74, 6) is 0.910. The minimum Gasteiger partial charge on any atom is -0.325 e. The summed E-state index contributed by atoms with van der Waals surface area (Å²) < 4.78 is 40.3. The monoisotopic (exact) mass is 368 g/mol. The Morgan fingerprint density at radius 2 is 2.10 bits per heavy atom. The lowest BCUT2D eigenvalue weighted by molar-refractivity contribution is -0.141. The van der Waals surface area contributed by atoms with E-state index in [1.54, 1.807) is 29.7 Å². The zero-order valence-electron chi connectivity index (χ0n) is 10.7. The van der Waals surface area contributed by atoms with Crippen molar-refractivity contribution in [2.75, 3.05) is 5.88 Å². The Morgan fingerprint density at radius 1 is 1.40 bits per heavy atom. The lowest BCUT2D eigenvalue weighted by atomic mass is 10.2. The number of benzene rings is 1. The van der Waals surface area contributed by atoms with E-state index in [0.717, 1.165) is 4.47 Å². The second-order valence-corrected chi connectivity index (χ2v) is 5.93. The van der Waals surface area contributed by atoms with E-state index in [9.17, 15) is 13.2 Å². The topological polar surface area (TPSA) is 17.8 Å². The maximum atomic E-state index is 12.6. The number of imidazole rings is 1. The van der Waals surface area contributed by atoms with Crippen LogP contribution in [0.2, 0.25) is 0 Å². The number of aryl methyl sites for hydroxylation is 1. The summed E-state index contributed by atoms with van der Waals surface area (Å²) in [5, 5.41) is 0. The highest BCUT2D eigenvalue weighted by molar-refractivity contribution is 9.10. The summed E-state index contributed by atoms with van der Waals surface area (Å²) >= 11 is 9.06. The first kappa shape index (κ1) is 15.6. The van der Waals surface area contributed by atoms with Crippen molar-refractivity contribution in [1.29, 1.82) is 0 Å². The Labute approximate surface area is 128 Å². The molecule has 0 amide bonds. The van der Waals surface area contributed by atoms with Gasteiger partial charge in [0.15, 0.2) is 0 Å². The number of alkyl halides is 4. The zero-order chi connectivity index (χ0) is 14.9. The van der Waals surface area contributed by atoms with Gasteiger partial charge in [-0.2, -0.15) is 13.2 Å². The molecule has 0 aliphatic rings. The molecule has 0 bridgehead atoms. The molecule has 0 saturated heterocycles. The minimum absolute atomic E-state index is 0.323. The largest absolute Gasteiger partial charge is 0.391 e. The van der Waals surface area contributed by atoms with Crippen LogP contribution in [-0.4, -0.2) is 21.6 Å². The third kappa shape index (κ3) is 3.47. The quantitative estimate of drug-likeness (QED) is 0.686. The summed E-state index contributed by atoms with van der Waals surface area (Å²) in [7, 11) is 0. The number of hydrogen-bond acceptors (Lipinski definition) is 1. The molecule has 0 spiro atoms. The van der Waals surface area contributed by atoms with E-state index in [4.69, 9.17) is 11.6 Å². The van der Waals surface area contributed by atoms with Crippen molar-refractivity contribution < 1.29 is 13.2 Å². The van der Waals surface area contributed by atoms with E-state index in [1.807, 2.05) is 0 Å². The van der Waals surface area contributed by atoms with Crippen LogP contribution in [0, 0.1) is 0 Å². The predicted molar refractivity (Wildman–Crippen MR) is 77.2 cm³/mol. The third-order valence-electron chi connectivity index (χ3n) is 3.01. The fourth-order valence-electron chi connectivity index (χ4n) is 2.30. The van der Waals surface area contributed by atoms with Crippen molar-refractivity contribution in [1.82, 2.24) is 9.55 Å². The van der Waals surface area contributed by atoms with Gasteiger partial charge in [0.05, 0.1) is 17.5 Å². The van der Waals surface area contributed by atoms with Crippen LogP contribution < -0.4 is 0 Å². The third-order valence-corrected chi connectivity index (χ3v) is 3.69. The lowest BCUT2D eigenvalue weighted by Crippen LogP contribution is -2.18. The van der Waals surface area contributed by atoms with Crippen LogP contribution in [0.15, 0.2) is 22.7 Å². The highest BCUT2D eigenvalue weighted by Gasteiger charge is 2.32. The number of rotatable bonds is 4. The minimum atomic E-state index is -4.20. The standard InChI is InChI=1S/C13H13BrClF3N2/c1-8(7-13(16,17)18)20-11-3-2-9(14)6-10(11)19-12(20)4-5-15/h2-3,6,8H,4-5,7H2,1H3. The normalized spacial score (nSPS) is 13.9. The van der Waals surface area contributed by atoms with Gasteiger partial charge in [0.1, 0.15) is 5.82 Å². The van der Waals surface area contributed by atoms with E-state index >= 15 is 0 Å². The first-order valence-electron chi connectivity index (χ1n) is 6.11. The first-order valence-corrected chi connectivity index (χ1v) is 7.43. The van der Waals surface area contributed by atoms with E-state index in [1.165, 1.54) is 0 Å². The Hall–Kier alpha value is -0.750. The number of halogens is 5. The van der Waals surface area contributed by atoms with Gasteiger partial charge in [-0.05, 0) is 25.1 Å². The Balaban J connectivity index is 2.50. The molecule has 1 unspecified atom stereocenters. The van der Waals surface area contributed by atoms with Gasteiger partial charge in [-0.15, -0.1) is 11.6 Å². The molecule has 0 fully saturated rings. The number of aromatic nitrogens is 2. The molecular formula is C13H13BrClF3N2. The second kappa shape index (κ2) is 5.93. The molecule has 20 heavy (non-hydrogen) atoms. The van der Waals surface area contributed by atoms with Crippen LogP contribution in [0.4, 0.5) is 13.2 Å². The maximum absolute atomic E-state index is 12.6. The molecule has 0 aliphatic carbocycles. The van der Waals surface area contributed by atoms with Crippen molar-refractivity contribution in [3.8, 4) is 0 Å². The maximum Gasteiger partial charge on any atom is 0.391 e. The molecule has 0 aliphatic heterocycles. The number of fused-ring (bicyclic) bond motifs is 1. The molecule has 1 heterocycles. The van der Waals surface area contributed by atoms with Crippen LogP contribution in [0.5, 0.6) is 0 Å². The Bertz CT molecular complexity index is 609. The predicted octanol–water partition coefficient (Wildman–Crippen LogP) is 5.09. The van der Waals surface area contributed by atoms with Gasteiger partial charge in [0, 0.05) is 22.8 Å². The van der Waals surface area contributed by atoms with E-state index in [2.05, 4.69) is 20.9 Å². The first-order chi connectivity index (χ1) is 9.31. The summed E-state index contributed by atoms with van der Waals surface area (Å²) in [5.41, 5.74) is 1.37. The number of hydrogen-bond donors (Lipinski definition) is 0. The molecule has 0 radical (unpaired) electrons. The fraction of sp³-hybridized carbons (Fsp3) is 0.462. The summed E-state index contributed by atoms with van der Waals surface area (Å²) in [4.78, 5) is 4.40. The lowest BCUT2D eigenvalue weighted by Gasteiger charge is -2.19. The van der Waals surface area contributed by atoms with Crippen LogP contribution in [0.25, 0.3) is 11.0 Å². The molecule has 1 aromatic heterocycles. The van der Waals surface area contributed by atoms with Gasteiger partial charge < -0.3 is 4.57 Å². The Kier molecular flexibility index (Phi) is 4.64. The van der Waals surface area contributed by atoms with Gasteiger partial charge >= 0.3 is 6.18 Å². The molecule has 2 rings (SSSR count). The summed E-state index contributed by atoms with van der Waals surface area (Å²) in [6.45, 7) is 1.55. The van der Waals surface area contributed by atoms with Crippen molar-refractivity contribution >= 4 is 38.6 Å². The molecule has 0 saturated carbocycles. The van der Waals surface area contributed by atoms with E-state index in [0.29, 0.717) is 29.2 Å². The summed E-state index contributed by atoms with van der Waals surface area (Å²) in [6, 6.07) is 4.66. The van der Waals surface area contributed by atoms with Gasteiger partial charge in [-0.3, -0.25) is 0 Å². The van der Waals surface area contributed by atoms with Crippen molar-refractivity contribution in [2.24, 2.45) is 0 Å². The average Bonchev–Trinajstić information content (AvgIpc) is 2.64. The Morgan fingerprint density at radius 3 is 2.70 bits per heavy atom. The molecule has 0 N–H and O–H groups in total. The highest BCUT2D eigenvalue weighted by Crippen LogP contribution is 2.32. The van der Waals surface area contributed by atoms with Gasteiger partial charge in [0.2, 0.25) is 0 Å². The van der Waals surface area contributed by atoms with Crippen LogP contribution in [0.3, 0.4) is 0 Å². The van der Waals surface area contributed by atoms with Crippen molar-refractivity contribution in [3.63, 3.8) is 0 Å². The molecule has 110 valence electrons. The SMILES string of the molecule is CC(CC(F)(F)F)n1c(CCCl)nc2cc(Br)ccc21.